The SMILES string of the molecule is C[C@H](S[C@@H](C)c1ccc2ccccc2c1)c1ccc2ccccc2c1. The van der Waals surface area contributed by atoms with Crippen LogP contribution in [0.25, 0.3) is 21.5 Å². The van der Waals surface area contributed by atoms with Crippen molar-refractivity contribution in [1.82, 2.24) is 0 Å². The zero-order valence-corrected chi connectivity index (χ0v) is 15.5. The molecule has 0 aromatic heterocycles. The zero-order valence-electron chi connectivity index (χ0n) is 14.6. The van der Waals surface area contributed by atoms with Crippen molar-refractivity contribution >= 4 is 33.3 Å². The third kappa shape index (κ3) is 3.43. The van der Waals surface area contributed by atoms with Crippen molar-refractivity contribution in [2.75, 3.05) is 0 Å². The van der Waals surface area contributed by atoms with E-state index >= 15 is 0 Å². The summed E-state index contributed by atoms with van der Waals surface area (Å²) in [6.07, 6.45) is 0. The predicted molar refractivity (Wildman–Crippen MR) is 112 cm³/mol. The van der Waals surface area contributed by atoms with Crippen molar-refractivity contribution in [2.45, 2.75) is 24.3 Å². The Bertz CT molecular complexity index is 935. The molecule has 2 atom stereocenters. The highest BCUT2D eigenvalue weighted by atomic mass is 32.2. The molecule has 25 heavy (non-hydrogen) atoms. The average Bonchev–Trinajstić information content (AvgIpc) is 2.67. The van der Waals surface area contributed by atoms with E-state index in [4.69, 9.17) is 0 Å². The normalized spacial score (nSPS) is 13.8. The molecule has 0 unspecified atom stereocenters. The maximum absolute atomic E-state index is 2.33. The molecule has 0 bridgehead atoms. The van der Waals surface area contributed by atoms with Crippen LogP contribution >= 0.6 is 11.8 Å². The van der Waals surface area contributed by atoms with Gasteiger partial charge in [-0.25, -0.2) is 0 Å². The molecule has 0 saturated heterocycles. The summed E-state index contributed by atoms with van der Waals surface area (Å²) in [5.41, 5.74) is 2.80. The van der Waals surface area contributed by atoms with Crippen molar-refractivity contribution < 1.29 is 0 Å². The Morgan fingerprint density at radius 3 is 1.36 bits per heavy atom. The molecule has 0 heterocycles. The molecule has 0 radical (unpaired) electrons. The third-order valence-electron chi connectivity index (χ3n) is 4.89. The molecule has 0 N–H and O–H groups in total. The summed E-state index contributed by atoms with van der Waals surface area (Å²) in [6.45, 7) is 4.62. The van der Waals surface area contributed by atoms with Crippen LogP contribution in [0.15, 0.2) is 84.9 Å². The number of benzene rings is 4. The van der Waals surface area contributed by atoms with Gasteiger partial charge in [0.1, 0.15) is 0 Å². The lowest BCUT2D eigenvalue weighted by molar-refractivity contribution is 1.04. The summed E-state index contributed by atoms with van der Waals surface area (Å²) in [5, 5.41) is 6.20. The van der Waals surface area contributed by atoms with Crippen LogP contribution < -0.4 is 0 Å². The van der Waals surface area contributed by atoms with E-state index in [1.807, 2.05) is 11.8 Å². The first kappa shape index (κ1) is 16.2. The number of fused-ring (bicyclic) bond motifs is 2. The largest absolute Gasteiger partial charge is 0.146 e. The molecule has 124 valence electrons. The lowest BCUT2D eigenvalue weighted by Gasteiger charge is -2.19. The van der Waals surface area contributed by atoms with Gasteiger partial charge in [0.15, 0.2) is 0 Å². The van der Waals surface area contributed by atoms with Crippen LogP contribution in [0, 0.1) is 0 Å². The van der Waals surface area contributed by atoms with Crippen LogP contribution in [0.4, 0.5) is 0 Å². The summed E-state index contributed by atoms with van der Waals surface area (Å²) in [5.74, 6) is 0. The first-order valence-corrected chi connectivity index (χ1v) is 9.78. The Morgan fingerprint density at radius 1 is 0.520 bits per heavy atom. The van der Waals surface area contributed by atoms with E-state index in [1.54, 1.807) is 0 Å². The Balaban J connectivity index is 1.56. The van der Waals surface area contributed by atoms with Crippen LogP contribution in [-0.4, -0.2) is 0 Å². The second-order valence-electron chi connectivity index (χ2n) is 6.63. The van der Waals surface area contributed by atoms with E-state index in [1.165, 1.54) is 32.7 Å². The van der Waals surface area contributed by atoms with Crippen LogP contribution in [-0.2, 0) is 0 Å². The third-order valence-corrected chi connectivity index (χ3v) is 6.25. The maximum atomic E-state index is 2.33. The van der Waals surface area contributed by atoms with Crippen molar-refractivity contribution in [3.63, 3.8) is 0 Å². The molecule has 0 spiro atoms. The topological polar surface area (TPSA) is 0 Å². The van der Waals surface area contributed by atoms with Crippen LogP contribution in [0.3, 0.4) is 0 Å². The minimum atomic E-state index is 0.464. The van der Waals surface area contributed by atoms with Gasteiger partial charge in [-0.05, 0) is 46.5 Å². The fraction of sp³-hybridized carbons (Fsp3) is 0.167. The van der Waals surface area contributed by atoms with Gasteiger partial charge in [0, 0.05) is 10.5 Å². The molecule has 4 rings (SSSR count). The fourth-order valence-corrected chi connectivity index (χ4v) is 4.60. The van der Waals surface area contributed by atoms with Gasteiger partial charge in [-0.15, -0.1) is 11.8 Å². The molecule has 0 nitrogen and oxygen atoms in total. The van der Waals surface area contributed by atoms with Gasteiger partial charge in [0.2, 0.25) is 0 Å². The van der Waals surface area contributed by atoms with E-state index in [9.17, 15) is 0 Å². The van der Waals surface area contributed by atoms with Gasteiger partial charge in [0.25, 0.3) is 0 Å². The molecule has 0 amide bonds. The Hall–Kier alpha value is -2.25. The van der Waals surface area contributed by atoms with Gasteiger partial charge < -0.3 is 0 Å². The van der Waals surface area contributed by atoms with E-state index < -0.39 is 0 Å². The second-order valence-corrected chi connectivity index (χ2v) is 8.32. The van der Waals surface area contributed by atoms with E-state index in [0.29, 0.717) is 10.5 Å². The highest BCUT2D eigenvalue weighted by Gasteiger charge is 2.14. The highest BCUT2D eigenvalue weighted by Crippen LogP contribution is 2.41. The van der Waals surface area contributed by atoms with Crippen molar-refractivity contribution in [1.29, 1.82) is 0 Å². The van der Waals surface area contributed by atoms with E-state index in [0.717, 1.165) is 0 Å². The molecule has 0 aliphatic rings. The Kier molecular flexibility index (Phi) is 4.50. The first-order valence-electron chi connectivity index (χ1n) is 8.83. The average molecular weight is 343 g/mol. The summed E-state index contributed by atoms with van der Waals surface area (Å²) in [4.78, 5) is 0. The van der Waals surface area contributed by atoms with Gasteiger partial charge >= 0.3 is 0 Å². The van der Waals surface area contributed by atoms with E-state index in [-0.39, 0.29) is 0 Å². The Labute approximate surface area is 153 Å². The Morgan fingerprint density at radius 2 is 0.920 bits per heavy atom. The van der Waals surface area contributed by atoms with Crippen molar-refractivity contribution in [3.05, 3.63) is 96.1 Å². The molecule has 0 saturated carbocycles. The standard InChI is InChI=1S/C24H22S/c1-17(21-13-11-19-7-3-5-9-23(19)15-21)25-18(2)22-14-12-20-8-4-6-10-24(20)16-22/h3-18H,1-2H3/t17-,18-/m0/s1. The van der Waals surface area contributed by atoms with Gasteiger partial charge in [-0.3, -0.25) is 0 Å². The number of hydrogen-bond acceptors (Lipinski definition) is 1. The molecule has 1 heteroatoms. The van der Waals surface area contributed by atoms with Crippen molar-refractivity contribution in [2.24, 2.45) is 0 Å². The van der Waals surface area contributed by atoms with Crippen molar-refractivity contribution in [3.8, 4) is 0 Å². The summed E-state index contributed by atoms with van der Waals surface area (Å²) in [6, 6.07) is 30.9. The smallest absolute Gasteiger partial charge is 0.0275 e. The highest BCUT2D eigenvalue weighted by molar-refractivity contribution is 7.99. The molecule has 0 fully saturated rings. The van der Waals surface area contributed by atoms with Gasteiger partial charge in [0.05, 0.1) is 0 Å². The van der Waals surface area contributed by atoms with Crippen LogP contribution in [0.2, 0.25) is 0 Å². The predicted octanol–water partition coefficient (Wildman–Crippen LogP) is 7.55. The minimum Gasteiger partial charge on any atom is -0.146 e. The molecule has 4 aromatic carbocycles. The lowest BCUT2D eigenvalue weighted by atomic mass is 10.1. The molecule has 0 aliphatic carbocycles. The molecule has 4 aromatic rings. The van der Waals surface area contributed by atoms with Crippen LogP contribution in [0.5, 0.6) is 0 Å². The number of rotatable bonds is 4. The maximum Gasteiger partial charge on any atom is 0.0275 e. The first-order chi connectivity index (χ1) is 12.2. The minimum absolute atomic E-state index is 0.464. The molecular formula is C24H22S. The van der Waals surface area contributed by atoms with Gasteiger partial charge in [-0.1, -0.05) is 84.9 Å². The second kappa shape index (κ2) is 6.93. The summed E-state index contributed by atoms with van der Waals surface area (Å²) >= 11 is 2.02. The summed E-state index contributed by atoms with van der Waals surface area (Å²) in [7, 11) is 0. The number of hydrogen-bond donors (Lipinski definition) is 0. The fourth-order valence-electron chi connectivity index (χ4n) is 3.38. The van der Waals surface area contributed by atoms with Gasteiger partial charge in [-0.2, -0.15) is 0 Å². The monoisotopic (exact) mass is 342 g/mol. The van der Waals surface area contributed by atoms with Crippen LogP contribution in [0.1, 0.15) is 35.5 Å². The lowest BCUT2D eigenvalue weighted by Crippen LogP contribution is -1.94. The van der Waals surface area contributed by atoms with E-state index in [2.05, 4.69) is 98.8 Å². The number of thioether (sulfide) groups is 1. The summed E-state index contributed by atoms with van der Waals surface area (Å²) < 4.78 is 0. The molecular weight excluding hydrogens is 320 g/mol. The zero-order chi connectivity index (χ0) is 17.2. The quantitative estimate of drug-likeness (QED) is 0.369. The molecule has 0 aliphatic heterocycles.